The number of nitrogens with zero attached hydrogens (tertiary/aromatic N) is 6. The first-order chi connectivity index (χ1) is 15.0. The quantitative estimate of drug-likeness (QED) is 0.365. The van der Waals surface area contributed by atoms with E-state index >= 15 is 0 Å². The van der Waals surface area contributed by atoms with Crippen molar-refractivity contribution in [3.05, 3.63) is 65.3 Å². The lowest BCUT2D eigenvalue weighted by molar-refractivity contribution is 0.396. The summed E-state index contributed by atoms with van der Waals surface area (Å²) in [6, 6.07) is 9.61. The van der Waals surface area contributed by atoms with E-state index in [1.807, 2.05) is 56.3 Å². The molecule has 0 fully saturated rings. The van der Waals surface area contributed by atoms with Gasteiger partial charge in [-0.2, -0.15) is 0 Å². The summed E-state index contributed by atoms with van der Waals surface area (Å²) in [6.45, 7) is 2.70. The summed E-state index contributed by atoms with van der Waals surface area (Å²) in [6.07, 6.45) is 5.28. The van der Waals surface area contributed by atoms with Crippen LogP contribution < -0.4 is 5.32 Å². The van der Waals surface area contributed by atoms with Gasteiger partial charge in [-0.15, -0.1) is 0 Å². The fourth-order valence-electron chi connectivity index (χ4n) is 2.72. The predicted molar refractivity (Wildman–Crippen MR) is 126 cm³/mol. The van der Waals surface area contributed by atoms with Crippen LogP contribution in [0.15, 0.2) is 59.0 Å². The Morgan fingerprint density at radius 2 is 1.90 bits per heavy atom. The van der Waals surface area contributed by atoms with Crippen molar-refractivity contribution in [3.63, 3.8) is 0 Å². The molecule has 0 saturated heterocycles. The number of benzene rings is 1. The van der Waals surface area contributed by atoms with Crippen LogP contribution in [-0.2, 0) is 6.54 Å². The third-order valence-corrected chi connectivity index (χ3v) is 6.37. The molecule has 0 bridgehead atoms. The molecule has 4 rings (SSSR count). The largest absolute Gasteiger partial charge is 0.315 e. The molecular weight excluding hydrogens is 450 g/mol. The Morgan fingerprint density at radius 3 is 2.65 bits per heavy atom. The van der Waals surface area contributed by atoms with E-state index in [-0.39, 0.29) is 0 Å². The lowest BCUT2D eigenvalue weighted by Gasteiger charge is -2.08. The summed E-state index contributed by atoms with van der Waals surface area (Å²) in [4.78, 5) is 26.4. The number of halogens is 1. The van der Waals surface area contributed by atoms with Crippen LogP contribution >= 0.6 is 34.7 Å². The molecule has 4 aromatic rings. The zero-order chi connectivity index (χ0) is 21.8. The molecule has 1 aromatic carbocycles. The summed E-state index contributed by atoms with van der Waals surface area (Å²) < 4.78 is 0. The summed E-state index contributed by atoms with van der Waals surface area (Å²) in [7, 11) is 4.00. The molecule has 7 nitrogen and oxygen atoms in total. The van der Waals surface area contributed by atoms with Gasteiger partial charge >= 0.3 is 0 Å². The van der Waals surface area contributed by atoms with Crippen LogP contribution in [0.4, 0.5) is 10.9 Å². The Morgan fingerprint density at radius 1 is 1.06 bits per heavy atom. The van der Waals surface area contributed by atoms with E-state index in [1.165, 1.54) is 23.1 Å². The standard InChI is InChI=1S/C21H20ClN7S2/c1-13-8-16(27-21(26-13)30-17-7-5-4-6-15(17)22)18-10-25-20(31-18)28-19-11-23-14(9-24-19)12-29(2)3/h4-11H,12H2,1-3H3,(H,24,25,28). The lowest BCUT2D eigenvalue weighted by atomic mass is 10.3. The Balaban J connectivity index is 1.51. The Kier molecular flexibility index (Phi) is 6.77. The zero-order valence-electron chi connectivity index (χ0n) is 17.2. The number of nitrogens with one attached hydrogen (secondary N) is 1. The van der Waals surface area contributed by atoms with Crippen LogP contribution in [0.2, 0.25) is 5.02 Å². The Labute approximate surface area is 194 Å². The van der Waals surface area contributed by atoms with Crippen LogP contribution in [0.5, 0.6) is 0 Å². The van der Waals surface area contributed by atoms with Crippen molar-refractivity contribution in [2.75, 3.05) is 19.4 Å². The fraction of sp³-hybridized carbons (Fsp3) is 0.190. The summed E-state index contributed by atoms with van der Waals surface area (Å²) >= 11 is 9.22. The highest BCUT2D eigenvalue weighted by molar-refractivity contribution is 7.99. The minimum Gasteiger partial charge on any atom is -0.315 e. The third-order valence-electron chi connectivity index (χ3n) is 4.05. The van der Waals surface area contributed by atoms with Gasteiger partial charge in [-0.05, 0) is 51.0 Å². The number of anilines is 2. The van der Waals surface area contributed by atoms with Crippen molar-refractivity contribution in [1.82, 2.24) is 29.8 Å². The second kappa shape index (κ2) is 9.69. The zero-order valence-corrected chi connectivity index (χ0v) is 19.6. The summed E-state index contributed by atoms with van der Waals surface area (Å²) in [5.41, 5.74) is 2.61. The number of aryl methyl sites for hydroxylation is 1. The number of aromatic nitrogens is 5. The number of hydrogen-bond acceptors (Lipinski definition) is 9. The maximum absolute atomic E-state index is 6.28. The van der Waals surface area contributed by atoms with E-state index in [0.29, 0.717) is 16.0 Å². The molecule has 1 N–H and O–H groups in total. The molecular formula is C21H20ClN7S2. The monoisotopic (exact) mass is 469 g/mol. The van der Waals surface area contributed by atoms with Gasteiger partial charge in [0.2, 0.25) is 0 Å². The van der Waals surface area contributed by atoms with Gasteiger partial charge in [-0.25, -0.2) is 19.9 Å². The van der Waals surface area contributed by atoms with E-state index in [9.17, 15) is 0 Å². The van der Waals surface area contributed by atoms with E-state index in [2.05, 4.69) is 25.3 Å². The van der Waals surface area contributed by atoms with Gasteiger partial charge in [-0.3, -0.25) is 4.98 Å². The molecule has 0 unspecified atom stereocenters. The van der Waals surface area contributed by atoms with Gasteiger partial charge in [0, 0.05) is 23.3 Å². The smallest absolute Gasteiger partial charge is 0.193 e. The van der Waals surface area contributed by atoms with Gasteiger partial charge < -0.3 is 10.2 Å². The maximum atomic E-state index is 6.28. The molecule has 0 aliphatic rings. The highest BCUT2D eigenvalue weighted by Crippen LogP contribution is 2.34. The van der Waals surface area contributed by atoms with Crippen molar-refractivity contribution < 1.29 is 0 Å². The van der Waals surface area contributed by atoms with Gasteiger partial charge in [0.1, 0.15) is 0 Å². The molecule has 0 amide bonds. The SMILES string of the molecule is Cc1cc(-c2cnc(Nc3cnc(CN(C)C)cn3)s2)nc(Sc2ccccc2Cl)n1. The average Bonchev–Trinajstić information content (AvgIpc) is 3.19. The van der Waals surface area contributed by atoms with Crippen molar-refractivity contribution in [2.24, 2.45) is 0 Å². The number of hydrogen-bond donors (Lipinski definition) is 1. The molecule has 0 aliphatic carbocycles. The molecule has 31 heavy (non-hydrogen) atoms. The first kappa shape index (κ1) is 21.6. The van der Waals surface area contributed by atoms with E-state index < -0.39 is 0 Å². The van der Waals surface area contributed by atoms with Gasteiger partial charge in [0.05, 0.1) is 33.7 Å². The predicted octanol–water partition coefficient (Wildman–Crippen LogP) is 5.31. The lowest BCUT2D eigenvalue weighted by Crippen LogP contribution is -2.12. The number of rotatable bonds is 7. The normalized spacial score (nSPS) is 11.1. The van der Waals surface area contributed by atoms with Crippen molar-refractivity contribution >= 4 is 45.6 Å². The summed E-state index contributed by atoms with van der Waals surface area (Å²) in [5.74, 6) is 0.650. The van der Waals surface area contributed by atoms with Crippen LogP contribution in [0.1, 0.15) is 11.4 Å². The molecule has 158 valence electrons. The highest BCUT2D eigenvalue weighted by atomic mass is 35.5. The topological polar surface area (TPSA) is 79.7 Å². The van der Waals surface area contributed by atoms with Crippen molar-refractivity contribution in [3.8, 4) is 10.6 Å². The maximum Gasteiger partial charge on any atom is 0.193 e. The van der Waals surface area contributed by atoms with E-state index in [4.69, 9.17) is 16.6 Å². The van der Waals surface area contributed by atoms with Gasteiger partial charge in [0.15, 0.2) is 16.1 Å². The van der Waals surface area contributed by atoms with Crippen LogP contribution in [0, 0.1) is 6.92 Å². The van der Waals surface area contributed by atoms with Crippen LogP contribution in [-0.4, -0.2) is 43.9 Å². The Hall–Kier alpha value is -2.59. The molecule has 10 heteroatoms. The molecule has 3 aromatic heterocycles. The fourth-order valence-corrected chi connectivity index (χ4v) is 4.60. The minimum atomic E-state index is 0.647. The van der Waals surface area contributed by atoms with Gasteiger partial charge in [-0.1, -0.05) is 35.1 Å². The average molecular weight is 470 g/mol. The highest BCUT2D eigenvalue weighted by Gasteiger charge is 2.12. The van der Waals surface area contributed by atoms with Crippen molar-refractivity contribution in [2.45, 2.75) is 23.5 Å². The second-order valence-electron chi connectivity index (χ2n) is 7.00. The third kappa shape index (κ3) is 5.76. The molecule has 0 spiro atoms. The summed E-state index contributed by atoms with van der Waals surface area (Å²) in [5, 5.41) is 5.26. The Bertz CT molecular complexity index is 1180. The van der Waals surface area contributed by atoms with Gasteiger partial charge in [0.25, 0.3) is 0 Å². The molecule has 0 atom stereocenters. The molecule has 3 heterocycles. The van der Waals surface area contributed by atoms with Crippen LogP contribution in [0.3, 0.4) is 0 Å². The molecule has 0 aliphatic heterocycles. The minimum absolute atomic E-state index is 0.647. The van der Waals surface area contributed by atoms with E-state index in [1.54, 1.807) is 18.6 Å². The molecule has 0 radical (unpaired) electrons. The molecule has 0 saturated carbocycles. The first-order valence-electron chi connectivity index (χ1n) is 9.43. The van der Waals surface area contributed by atoms with E-state index in [0.717, 1.165) is 38.5 Å². The van der Waals surface area contributed by atoms with Crippen molar-refractivity contribution in [1.29, 1.82) is 0 Å². The van der Waals surface area contributed by atoms with Crippen LogP contribution in [0.25, 0.3) is 10.6 Å². The number of thiazole rings is 1. The first-order valence-corrected chi connectivity index (χ1v) is 11.4. The second-order valence-corrected chi connectivity index (χ2v) is 9.44.